The zero-order valence-electron chi connectivity index (χ0n) is 12.4. The molecule has 0 saturated carbocycles. The third kappa shape index (κ3) is 6.36. The molecule has 3 unspecified atom stereocenters. The third-order valence-corrected chi connectivity index (χ3v) is 3.46. The molecule has 1 aliphatic heterocycles. The molecule has 1 saturated heterocycles. The quantitative estimate of drug-likeness (QED) is 0.649. The van der Waals surface area contributed by atoms with E-state index in [9.17, 15) is 4.79 Å². The first kappa shape index (κ1) is 16.4. The van der Waals surface area contributed by atoms with Crippen molar-refractivity contribution < 1.29 is 14.3 Å². The van der Waals surface area contributed by atoms with Crippen LogP contribution in [-0.4, -0.2) is 51.0 Å². The molecule has 0 radical (unpaired) electrons. The van der Waals surface area contributed by atoms with Crippen molar-refractivity contribution in [1.82, 2.24) is 10.6 Å². The predicted octanol–water partition coefficient (Wildman–Crippen LogP) is 1.07. The fourth-order valence-electron chi connectivity index (χ4n) is 2.41. The summed E-state index contributed by atoms with van der Waals surface area (Å²) < 4.78 is 10.6. The van der Waals surface area contributed by atoms with E-state index in [1.165, 1.54) is 0 Å². The fourth-order valence-corrected chi connectivity index (χ4v) is 2.41. The Hall–Kier alpha value is -0.650. The van der Waals surface area contributed by atoms with Gasteiger partial charge in [-0.25, -0.2) is 0 Å². The van der Waals surface area contributed by atoms with Crippen LogP contribution >= 0.6 is 0 Å². The lowest BCUT2D eigenvalue weighted by Gasteiger charge is -2.31. The van der Waals surface area contributed by atoms with Crippen molar-refractivity contribution in [2.45, 2.75) is 57.7 Å². The second-order valence-corrected chi connectivity index (χ2v) is 5.17. The van der Waals surface area contributed by atoms with E-state index in [0.717, 1.165) is 32.3 Å². The summed E-state index contributed by atoms with van der Waals surface area (Å²) in [6.45, 7) is 5.99. The number of ether oxygens (including phenoxy) is 2. The molecule has 1 rings (SSSR count). The van der Waals surface area contributed by atoms with E-state index >= 15 is 0 Å². The molecule has 1 amide bonds. The maximum Gasteiger partial charge on any atom is 0.236 e. The zero-order valence-corrected chi connectivity index (χ0v) is 12.4. The second-order valence-electron chi connectivity index (χ2n) is 5.17. The molecular weight excluding hydrogens is 244 g/mol. The lowest BCUT2D eigenvalue weighted by atomic mass is 9.99. The van der Waals surface area contributed by atoms with Crippen LogP contribution in [0, 0.1) is 0 Å². The average molecular weight is 272 g/mol. The van der Waals surface area contributed by atoms with Crippen LogP contribution in [0.15, 0.2) is 0 Å². The van der Waals surface area contributed by atoms with Crippen molar-refractivity contribution in [3.63, 3.8) is 0 Å². The Bertz CT molecular complexity index is 259. The van der Waals surface area contributed by atoms with Gasteiger partial charge < -0.3 is 20.1 Å². The third-order valence-electron chi connectivity index (χ3n) is 3.46. The molecule has 5 heteroatoms. The number of amides is 1. The largest absolute Gasteiger partial charge is 0.383 e. The van der Waals surface area contributed by atoms with Gasteiger partial charge in [-0.3, -0.25) is 4.79 Å². The molecule has 1 aliphatic rings. The second kappa shape index (κ2) is 9.28. The number of rotatable bonds is 8. The minimum absolute atomic E-state index is 0.0376. The van der Waals surface area contributed by atoms with Crippen molar-refractivity contribution >= 4 is 5.91 Å². The average Bonchev–Trinajstić information content (AvgIpc) is 2.39. The monoisotopic (exact) mass is 272 g/mol. The first-order valence-corrected chi connectivity index (χ1v) is 7.31. The summed E-state index contributed by atoms with van der Waals surface area (Å²) in [4.78, 5) is 11.8. The first-order chi connectivity index (χ1) is 9.17. The molecule has 3 atom stereocenters. The molecule has 0 aromatic heterocycles. The van der Waals surface area contributed by atoms with E-state index in [2.05, 4.69) is 17.6 Å². The smallest absolute Gasteiger partial charge is 0.236 e. The van der Waals surface area contributed by atoms with Crippen molar-refractivity contribution in [3.05, 3.63) is 0 Å². The Balaban J connectivity index is 2.26. The first-order valence-electron chi connectivity index (χ1n) is 7.31. The molecule has 0 aromatic rings. The van der Waals surface area contributed by atoms with Crippen molar-refractivity contribution in [2.75, 3.05) is 26.9 Å². The van der Waals surface area contributed by atoms with E-state index in [1.807, 2.05) is 6.92 Å². The Morgan fingerprint density at radius 3 is 3.00 bits per heavy atom. The van der Waals surface area contributed by atoms with Gasteiger partial charge in [0.1, 0.15) is 0 Å². The molecule has 1 heterocycles. The molecule has 112 valence electrons. The Kier molecular flexibility index (Phi) is 8.02. The highest BCUT2D eigenvalue weighted by molar-refractivity contribution is 5.81. The van der Waals surface area contributed by atoms with Crippen LogP contribution in [0.1, 0.15) is 39.5 Å². The van der Waals surface area contributed by atoms with Gasteiger partial charge in [-0.05, 0) is 26.2 Å². The number of hydrogen-bond donors (Lipinski definition) is 2. The van der Waals surface area contributed by atoms with Crippen LogP contribution in [-0.2, 0) is 14.3 Å². The van der Waals surface area contributed by atoms with E-state index in [-0.39, 0.29) is 11.9 Å². The SMILES string of the molecule is CCCC1CC(NC(C)C(=O)NCCOC)CCO1. The van der Waals surface area contributed by atoms with Crippen LogP contribution in [0.4, 0.5) is 0 Å². The topological polar surface area (TPSA) is 59.6 Å². The number of nitrogens with one attached hydrogen (secondary N) is 2. The molecule has 0 aliphatic carbocycles. The number of methoxy groups -OCH3 is 1. The van der Waals surface area contributed by atoms with Crippen LogP contribution in [0.5, 0.6) is 0 Å². The number of hydrogen-bond acceptors (Lipinski definition) is 4. The van der Waals surface area contributed by atoms with Gasteiger partial charge in [0.2, 0.25) is 5.91 Å². The molecule has 0 aromatic carbocycles. The van der Waals surface area contributed by atoms with Gasteiger partial charge in [0, 0.05) is 26.3 Å². The zero-order chi connectivity index (χ0) is 14.1. The van der Waals surface area contributed by atoms with Gasteiger partial charge in [-0.2, -0.15) is 0 Å². The Labute approximate surface area is 116 Å². The van der Waals surface area contributed by atoms with Gasteiger partial charge in [-0.1, -0.05) is 13.3 Å². The summed E-state index contributed by atoms with van der Waals surface area (Å²) in [7, 11) is 1.63. The van der Waals surface area contributed by atoms with Crippen LogP contribution < -0.4 is 10.6 Å². The molecule has 0 spiro atoms. The van der Waals surface area contributed by atoms with Gasteiger partial charge in [0.05, 0.1) is 18.8 Å². The van der Waals surface area contributed by atoms with E-state index in [1.54, 1.807) is 7.11 Å². The highest BCUT2D eigenvalue weighted by atomic mass is 16.5. The number of carbonyl (C=O) groups is 1. The van der Waals surface area contributed by atoms with E-state index in [4.69, 9.17) is 9.47 Å². The number of carbonyl (C=O) groups excluding carboxylic acids is 1. The van der Waals surface area contributed by atoms with Crippen molar-refractivity contribution in [3.8, 4) is 0 Å². The summed E-state index contributed by atoms with van der Waals surface area (Å²) in [6.07, 6.45) is 4.58. The summed E-state index contributed by atoms with van der Waals surface area (Å²) in [5.41, 5.74) is 0. The van der Waals surface area contributed by atoms with Crippen LogP contribution in [0.25, 0.3) is 0 Å². The maximum absolute atomic E-state index is 11.8. The molecule has 19 heavy (non-hydrogen) atoms. The van der Waals surface area contributed by atoms with Crippen molar-refractivity contribution in [1.29, 1.82) is 0 Å². The molecule has 5 nitrogen and oxygen atoms in total. The summed E-state index contributed by atoms with van der Waals surface area (Å²) >= 11 is 0. The van der Waals surface area contributed by atoms with Gasteiger partial charge in [-0.15, -0.1) is 0 Å². The molecule has 1 fully saturated rings. The minimum atomic E-state index is -0.165. The Morgan fingerprint density at radius 2 is 2.32 bits per heavy atom. The lowest BCUT2D eigenvalue weighted by Crippen LogP contribution is -2.49. The normalized spacial score (nSPS) is 25.0. The van der Waals surface area contributed by atoms with Gasteiger partial charge >= 0.3 is 0 Å². The highest BCUT2D eigenvalue weighted by Crippen LogP contribution is 2.18. The summed E-state index contributed by atoms with van der Waals surface area (Å²) in [5.74, 6) is 0.0376. The van der Waals surface area contributed by atoms with Gasteiger partial charge in [0.25, 0.3) is 0 Å². The minimum Gasteiger partial charge on any atom is -0.383 e. The standard InChI is InChI=1S/C14H28N2O3/c1-4-5-13-10-12(6-8-19-13)16-11(2)14(17)15-7-9-18-3/h11-13,16H,4-10H2,1-3H3,(H,15,17). The van der Waals surface area contributed by atoms with Crippen molar-refractivity contribution in [2.24, 2.45) is 0 Å². The Morgan fingerprint density at radius 1 is 1.53 bits per heavy atom. The van der Waals surface area contributed by atoms with Crippen LogP contribution in [0.2, 0.25) is 0 Å². The van der Waals surface area contributed by atoms with E-state index < -0.39 is 0 Å². The van der Waals surface area contributed by atoms with Crippen LogP contribution in [0.3, 0.4) is 0 Å². The lowest BCUT2D eigenvalue weighted by molar-refractivity contribution is -0.123. The fraction of sp³-hybridized carbons (Fsp3) is 0.929. The predicted molar refractivity (Wildman–Crippen MR) is 75.2 cm³/mol. The van der Waals surface area contributed by atoms with Gasteiger partial charge in [0.15, 0.2) is 0 Å². The molecular formula is C14H28N2O3. The van der Waals surface area contributed by atoms with E-state index in [0.29, 0.717) is 25.3 Å². The molecule has 0 bridgehead atoms. The maximum atomic E-state index is 11.8. The summed E-state index contributed by atoms with van der Waals surface area (Å²) in [6, 6.07) is 0.218. The summed E-state index contributed by atoms with van der Waals surface area (Å²) in [5, 5.41) is 6.25. The molecule has 2 N–H and O–H groups in total. The highest BCUT2D eigenvalue weighted by Gasteiger charge is 2.24.